The third-order valence-corrected chi connectivity index (χ3v) is 4.02. The fourth-order valence-corrected chi connectivity index (χ4v) is 2.92. The largest absolute Gasteiger partial charge is 0.240 e. The normalized spacial score (nSPS) is 10.9. The first-order chi connectivity index (χ1) is 9.16. The number of aromatic nitrogens is 1. The maximum absolute atomic E-state index is 4.72. The van der Waals surface area contributed by atoms with E-state index in [0.29, 0.717) is 0 Å². The molecule has 3 aromatic rings. The molecular formula is C17H14BrN. The van der Waals surface area contributed by atoms with E-state index in [1.165, 1.54) is 21.9 Å². The number of rotatable bonds is 1. The van der Waals surface area contributed by atoms with Gasteiger partial charge in [0.05, 0.1) is 5.69 Å². The van der Waals surface area contributed by atoms with E-state index in [0.717, 1.165) is 15.9 Å². The third kappa shape index (κ3) is 2.17. The predicted molar refractivity (Wildman–Crippen MR) is 84.4 cm³/mol. The Balaban J connectivity index is 2.36. The molecule has 0 aliphatic heterocycles. The van der Waals surface area contributed by atoms with E-state index < -0.39 is 0 Å². The Labute approximate surface area is 121 Å². The second-order valence-electron chi connectivity index (χ2n) is 4.79. The third-order valence-electron chi connectivity index (χ3n) is 3.41. The van der Waals surface area contributed by atoms with Gasteiger partial charge in [-0.1, -0.05) is 54.1 Å². The molecule has 0 aliphatic rings. The maximum atomic E-state index is 4.72. The van der Waals surface area contributed by atoms with Crippen LogP contribution in [0.25, 0.3) is 22.0 Å². The monoisotopic (exact) mass is 311 g/mol. The van der Waals surface area contributed by atoms with Gasteiger partial charge >= 0.3 is 0 Å². The molecule has 0 aliphatic carbocycles. The van der Waals surface area contributed by atoms with Crippen molar-refractivity contribution < 1.29 is 0 Å². The van der Waals surface area contributed by atoms with Gasteiger partial charge in [-0.25, -0.2) is 4.98 Å². The summed E-state index contributed by atoms with van der Waals surface area (Å²) >= 11 is 3.59. The fourth-order valence-electron chi connectivity index (χ4n) is 2.40. The molecule has 1 nitrogen and oxygen atoms in total. The molecule has 0 saturated carbocycles. The van der Waals surface area contributed by atoms with Crippen molar-refractivity contribution in [1.29, 1.82) is 0 Å². The number of benzene rings is 2. The van der Waals surface area contributed by atoms with Gasteiger partial charge in [0.2, 0.25) is 0 Å². The first kappa shape index (κ1) is 12.4. The van der Waals surface area contributed by atoms with Gasteiger partial charge in [-0.2, -0.15) is 0 Å². The van der Waals surface area contributed by atoms with Crippen molar-refractivity contribution in [3.63, 3.8) is 0 Å². The lowest BCUT2D eigenvalue weighted by atomic mass is 10.00. The topological polar surface area (TPSA) is 12.9 Å². The van der Waals surface area contributed by atoms with Crippen LogP contribution in [0.3, 0.4) is 0 Å². The van der Waals surface area contributed by atoms with Crippen molar-refractivity contribution in [1.82, 2.24) is 4.98 Å². The molecule has 0 fully saturated rings. The molecule has 19 heavy (non-hydrogen) atoms. The number of fused-ring (bicyclic) bond motifs is 1. The first-order valence-corrected chi connectivity index (χ1v) is 7.08. The summed E-state index contributed by atoms with van der Waals surface area (Å²) in [6.45, 7) is 4.26. The number of nitrogens with zero attached hydrogens (tertiary/aromatic N) is 1. The van der Waals surface area contributed by atoms with Crippen molar-refractivity contribution >= 4 is 26.7 Å². The van der Waals surface area contributed by atoms with Crippen LogP contribution in [0.15, 0.2) is 53.1 Å². The highest BCUT2D eigenvalue weighted by molar-refractivity contribution is 9.10. The molecule has 94 valence electrons. The average Bonchev–Trinajstić information content (AvgIpc) is 2.43. The summed E-state index contributed by atoms with van der Waals surface area (Å²) < 4.78 is 0.909. The van der Waals surface area contributed by atoms with Gasteiger partial charge in [0.15, 0.2) is 0 Å². The number of hydrogen-bond donors (Lipinski definition) is 0. The van der Waals surface area contributed by atoms with Crippen molar-refractivity contribution in [2.45, 2.75) is 13.8 Å². The van der Waals surface area contributed by atoms with Gasteiger partial charge in [0.25, 0.3) is 0 Å². The highest BCUT2D eigenvalue weighted by Gasteiger charge is 2.10. The van der Waals surface area contributed by atoms with Crippen molar-refractivity contribution in [3.8, 4) is 11.3 Å². The molecule has 1 aromatic heterocycles. The summed E-state index contributed by atoms with van der Waals surface area (Å²) in [5.41, 5.74) is 4.70. The Hall–Kier alpha value is -1.67. The molecule has 0 saturated heterocycles. The summed E-state index contributed by atoms with van der Waals surface area (Å²) in [6.07, 6.45) is 0. The SMILES string of the molecule is Cc1ccc2c(Br)nc(-c3ccccc3)c(C)c2c1. The zero-order valence-electron chi connectivity index (χ0n) is 10.9. The second-order valence-corrected chi connectivity index (χ2v) is 5.54. The van der Waals surface area contributed by atoms with E-state index in [4.69, 9.17) is 4.98 Å². The summed E-state index contributed by atoms with van der Waals surface area (Å²) in [7, 11) is 0. The lowest BCUT2D eigenvalue weighted by Gasteiger charge is -2.11. The molecule has 0 radical (unpaired) electrons. The van der Waals surface area contributed by atoms with Crippen LogP contribution >= 0.6 is 15.9 Å². The van der Waals surface area contributed by atoms with Gasteiger partial charge < -0.3 is 0 Å². The Morgan fingerprint density at radius 2 is 1.63 bits per heavy atom. The molecule has 0 N–H and O–H groups in total. The molecular weight excluding hydrogens is 298 g/mol. The number of aryl methyl sites for hydroxylation is 2. The second kappa shape index (κ2) is 4.78. The lowest BCUT2D eigenvalue weighted by molar-refractivity contribution is 1.27. The Kier molecular flexibility index (Phi) is 3.11. The standard InChI is InChI=1S/C17H14BrN/c1-11-8-9-14-15(10-11)12(2)16(19-17(14)18)13-6-4-3-5-7-13/h3-10H,1-2H3. The van der Waals surface area contributed by atoms with Gasteiger partial charge in [0, 0.05) is 10.9 Å². The van der Waals surface area contributed by atoms with E-state index >= 15 is 0 Å². The van der Waals surface area contributed by atoms with E-state index in [9.17, 15) is 0 Å². The number of pyridine rings is 1. The molecule has 2 aromatic carbocycles. The smallest absolute Gasteiger partial charge is 0.114 e. The van der Waals surface area contributed by atoms with Gasteiger partial charge in [0.1, 0.15) is 4.60 Å². The molecule has 0 atom stereocenters. The Bertz CT molecular complexity index is 748. The predicted octanol–water partition coefficient (Wildman–Crippen LogP) is 5.28. The zero-order chi connectivity index (χ0) is 13.4. The molecule has 0 unspecified atom stereocenters. The minimum Gasteiger partial charge on any atom is -0.240 e. The molecule has 1 heterocycles. The van der Waals surface area contributed by atoms with Crippen molar-refractivity contribution in [2.75, 3.05) is 0 Å². The molecule has 0 spiro atoms. The molecule has 0 amide bonds. The van der Waals surface area contributed by atoms with Crippen LogP contribution in [0.2, 0.25) is 0 Å². The van der Waals surface area contributed by atoms with Crippen LogP contribution in [0.1, 0.15) is 11.1 Å². The lowest BCUT2D eigenvalue weighted by Crippen LogP contribution is -1.92. The Morgan fingerprint density at radius 1 is 0.895 bits per heavy atom. The van der Waals surface area contributed by atoms with Crippen LogP contribution in [0.5, 0.6) is 0 Å². The van der Waals surface area contributed by atoms with Crippen LogP contribution in [-0.4, -0.2) is 4.98 Å². The van der Waals surface area contributed by atoms with E-state index in [1.54, 1.807) is 0 Å². The fraction of sp³-hybridized carbons (Fsp3) is 0.118. The number of hydrogen-bond acceptors (Lipinski definition) is 1. The average molecular weight is 312 g/mol. The minimum absolute atomic E-state index is 0.909. The van der Waals surface area contributed by atoms with E-state index in [-0.39, 0.29) is 0 Å². The van der Waals surface area contributed by atoms with Crippen LogP contribution in [-0.2, 0) is 0 Å². The Morgan fingerprint density at radius 3 is 2.37 bits per heavy atom. The van der Waals surface area contributed by atoms with Gasteiger partial charge in [-0.15, -0.1) is 0 Å². The van der Waals surface area contributed by atoms with Crippen LogP contribution in [0, 0.1) is 13.8 Å². The summed E-state index contributed by atoms with van der Waals surface area (Å²) in [6, 6.07) is 16.8. The summed E-state index contributed by atoms with van der Waals surface area (Å²) in [5, 5.41) is 2.43. The quantitative estimate of drug-likeness (QED) is 0.557. The number of halogens is 1. The van der Waals surface area contributed by atoms with Crippen LogP contribution in [0.4, 0.5) is 0 Å². The van der Waals surface area contributed by atoms with E-state index in [1.807, 2.05) is 18.2 Å². The molecule has 0 bridgehead atoms. The van der Waals surface area contributed by atoms with Crippen molar-refractivity contribution in [2.24, 2.45) is 0 Å². The summed E-state index contributed by atoms with van der Waals surface area (Å²) in [4.78, 5) is 4.72. The molecule has 3 rings (SSSR count). The van der Waals surface area contributed by atoms with Crippen molar-refractivity contribution in [3.05, 3.63) is 64.3 Å². The summed E-state index contributed by atoms with van der Waals surface area (Å²) in [5.74, 6) is 0. The maximum Gasteiger partial charge on any atom is 0.114 e. The van der Waals surface area contributed by atoms with E-state index in [2.05, 4.69) is 60.1 Å². The first-order valence-electron chi connectivity index (χ1n) is 6.28. The zero-order valence-corrected chi connectivity index (χ0v) is 12.5. The highest BCUT2D eigenvalue weighted by Crippen LogP contribution is 2.32. The van der Waals surface area contributed by atoms with Gasteiger partial charge in [-0.3, -0.25) is 0 Å². The molecule has 2 heteroatoms. The minimum atomic E-state index is 0.909. The van der Waals surface area contributed by atoms with Gasteiger partial charge in [-0.05, 0) is 40.7 Å². The van der Waals surface area contributed by atoms with Crippen LogP contribution < -0.4 is 0 Å². The highest BCUT2D eigenvalue weighted by atomic mass is 79.9.